The number of carbonyl (C=O) groups is 1. The molecule has 0 bridgehead atoms. The summed E-state index contributed by atoms with van der Waals surface area (Å²) in [4.78, 5) is 24.7. The molecule has 3 rings (SSSR count). The van der Waals surface area contributed by atoms with E-state index in [2.05, 4.69) is 10.4 Å². The van der Waals surface area contributed by atoms with Gasteiger partial charge in [-0.25, -0.2) is 4.68 Å². The summed E-state index contributed by atoms with van der Waals surface area (Å²) in [7, 11) is 0. The van der Waals surface area contributed by atoms with E-state index in [1.165, 1.54) is 22.9 Å². The maximum atomic E-state index is 13.0. The fourth-order valence-electron chi connectivity index (χ4n) is 3.28. The van der Waals surface area contributed by atoms with E-state index >= 15 is 0 Å². The van der Waals surface area contributed by atoms with E-state index in [0.29, 0.717) is 5.69 Å². The summed E-state index contributed by atoms with van der Waals surface area (Å²) in [6.07, 6.45) is 0.349. The predicted molar refractivity (Wildman–Crippen MR) is 93.9 cm³/mol. The minimum Gasteiger partial charge on any atom is -0.348 e. The van der Waals surface area contributed by atoms with Crippen LogP contribution >= 0.6 is 0 Å². The molecule has 0 unspecified atom stereocenters. The SMILES string of the molecule is Cc1cc(=O)c(C(=O)NC2CCCCC2)nn1-c1cccc(C(F)(F)F)c1. The number of amides is 1. The molecule has 0 saturated heterocycles. The topological polar surface area (TPSA) is 64.0 Å². The van der Waals surface area contributed by atoms with Gasteiger partial charge < -0.3 is 5.32 Å². The van der Waals surface area contributed by atoms with Gasteiger partial charge in [0, 0.05) is 17.8 Å². The van der Waals surface area contributed by atoms with Crippen LogP contribution in [0.3, 0.4) is 0 Å². The molecular formula is C19H20F3N3O2. The van der Waals surface area contributed by atoms with Crippen molar-refractivity contribution in [1.82, 2.24) is 15.1 Å². The lowest BCUT2D eigenvalue weighted by atomic mass is 9.95. The summed E-state index contributed by atoms with van der Waals surface area (Å²) in [6, 6.07) is 5.81. The largest absolute Gasteiger partial charge is 0.416 e. The molecule has 1 amide bonds. The highest BCUT2D eigenvalue weighted by Gasteiger charge is 2.30. The molecule has 0 spiro atoms. The van der Waals surface area contributed by atoms with E-state index in [0.717, 1.165) is 44.2 Å². The second-order valence-corrected chi connectivity index (χ2v) is 6.77. The van der Waals surface area contributed by atoms with E-state index < -0.39 is 23.1 Å². The molecule has 1 N–H and O–H groups in total. The molecule has 5 nitrogen and oxygen atoms in total. The Bertz CT molecular complexity index is 900. The molecule has 144 valence electrons. The molecule has 1 saturated carbocycles. The smallest absolute Gasteiger partial charge is 0.348 e. The van der Waals surface area contributed by atoms with Crippen LogP contribution in [0.15, 0.2) is 35.1 Å². The minimum absolute atomic E-state index is 0.00393. The number of halogens is 3. The van der Waals surface area contributed by atoms with Crippen molar-refractivity contribution >= 4 is 5.91 Å². The second kappa shape index (κ2) is 7.54. The van der Waals surface area contributed by atoms with E-state index in [-0.39, 0.29) is 17.4 Å². The summed E-state index contributed by atoms with van der Waals surface area (Å²) < 4.78 is 40.1. The Kier molecular flexibility index (Phi) is 5.34. The second-order valence-electron chi connectivity index (χ2n) is 6.77. The van der Waals surface area contributed by atoms with Gasteiger partial charge in [-0.2, -0.15) is 18.3 Å². The van der Waals surface area contributed by atoms with Crippen molar-refractivity contribution in [2.75, 3.05) is 0 Å². The monoisotopic (exact) mass is 379 g/mol. The summed E-state index contributed by atoms with van der Waals surface area (Å²) in [5.41, 5.74) is -1.22. The Morgan fingerprint density at radius 3 is 2.56 bits per heavy atom. The first-order chi connectivity index (χ1) is 12.8. The number of nitrogens with zero attached hydrogens (tertiary/aromatic N) is 2. The molecule has 27 heavy (non-hydrogen) atoms. The van der Waals surface area contributed by atoms with Gasteiger partial charge in [0.05, 0.1) is 11.3 Å². The van der Waals surface area contributed by atoms with E-state index in [9.17, 15) is 22.8 Å². The molecule has 8 heteroatoms. The highest BCUT2D eigenvalue weighted by atomic mass is 19.4. The third-order valence-electron chi connectivity index (χ3n) is 4.68. The van der Waals surface area contributed by atoms with Crippen molar-refractivity contribution in [3.8, 4) is 5.69 Å². The first-order valence-corrected chi connectivity index (χ1v) is 8.85. The Balaban J connectivity index is 1.95. The summed E-state index contributed by atoms with van der Waals surface area (Å²) in [5.74, 6) is -0.590. The lowest BCUT2D eigenvalue weighted by Gasteiger charge is -2.22. The van der Waals surface area contributed by atoms with Crippen molar-refractivity contribution in [2.45, 2.75) is 51.2 Å². The highest BCUT2D eigenvalue weighted by molar-refractivity contribution is 5.92. The zero-order chi connectivity index (χ0) is 19.6. The number of benzene rings is 1. The number of rotatable bonds is 3. The molecule has 0 atom stereocenters. The summed E-state index contributed by atoms with van der Waals surface area (Å²) in [5, 5.41) is 6.87. The zero-order valence-electron chi connectivity index (χ0n) is 14.8. The molecule has 1 heterocycles. The molecule has 0 radical (unpaired) electrons. The normalized spacial score (nSPS) is 15.6. The third kappa shape index (κ3) is 4.37. The van der Waals surface area contributed by atoms with Crippen molar-refractivity contribution in [1.29, 1.82) is 0 Å². The average Bonchev–Trinajstić information content (AvgIpc) is 2.62. The lowest BCUT2D eigenvalue weighted by molar-refractivity contribution is -0.137. The van der Waals surface area contributed by atoms with Crippen LogP contribution in [-0.2, 0) is 6.18 Å². The van der Waals surface area contributed by atoms with Crippen LogP contribution in [0.5, 0.6) is 0 Å². The van der Waals surface area contributed by atoms with Crippen molar-refractivity contribution < 1.29 is 18.0 Å². The lowest BCUT2D eigenvalue weighted by Crippen LogP contribution is -2.39. The van der Waals surface area contributed by atoms with Crippen LogP contribution in [0, 0.1) is 6.92 Å². The minimum atomic E-state index is -4.50. The van der Waals surface area contributed by atoms with Crippen LogP contribution in [0.4, 0.5) is 13.2 Å². The Morgan fingerprint density at radius 2 is 1.89 bits per heavy atom. The summed E-state index contributed by atoms with van der Waals surface area (Å²) in [6.45, 7) is 1.55. The number of alkyl halides is 3. The third-order valence-corrected chi connectivity index (χ3v) is 4.68. The van der Waals surface area contributed by atoms with Crippen LogP contribution < -0.4 is 10.7 Å². The fraction of sp³-hybridized carbons (Fsp3) is 0.421. The molecule has 0 aliphatic heterocycles. The van der Waals surface area contributed by atoms with Gasteiger partial charge >= 0.3 is 6.18 Å². The molecular weight excluding hydrogens is 359 g/mol. The van der Waals surface area contributed by atoms with Crippen molar-refractivity contribution in [2.24, 2.45) is 0 Å². The first-order valence-electron chi connectivity index (χ1n) is 8.85. The number of hydrogen-bond donors (Lipinski definition) is 1. The number of aromatic nitrogens is 2. The van der Waals surface area contributed by atoms with E-state index in [1.807, 2.05) is 0 Å². The van der Waals surface area contributed by atoms with Crippen molar-refractivity contribution in [3.63, 3.8) is 0 Å². The van der Waals surface area contributed by atoms with Gasteiger partial charge in [-0.05, 0) is 38.0 Å². The van der Waals surface area contributed by atoms with Gasteiger partial charge in [0.25, 0.3) is 5.91 Å². The molecule has 1 aliphatic carbocycles. The van der Waals surface area contributed by atoms with Crippen LogP contribution in [0.2, 0.25) is 0 Å². The van der Waals surface area contributed by atoms with Gasteiger partial charge in [0.2, 0.25) is 5.43 Å². The van der Waals surface area contributed by atoms with Gasteiger partial charge in [-0.3, -0.25) is 9.59 Å². The van der Waals surface area contributed by atoms with Gasteiger partial charge in [0.15, 0.2) is 5.69 Å². The van der Waals surface area contributed by atoms with Gasteiger partial charge in [-0.15, -0.1) is 0 Å². The maximum Gasteiger partial charge on any atom is 0.416 e. The molecule has 1 aliphatic rings. The van der Waals surface area contributed by atoms with Gasteiger partial charge in [-0.1, -0.05) is 25.3 Å². The average molecular weight is 379 g/mol. The first kappa shape index (κ1) is 19.1. The van der Waals surface area contributed by atoms with Crippen molar-refractivity contribution in [3.05, 3.63) is 57.5 Å². The molecule has 1 fully saturated rings. The van der Waals surface area contributed by atoms with Crippen LogP contribution in [0.25, 0.3) is 5.69 Å². The number of nitrogens with one attached hydrogen (secondary N) is 1. The van der Waals surface area contributed by atoms with Gasteiger partial charge in [0.1, 0.15) is 0 Å². The van der Waals surface area contributed by atoms with Crippen LogP contribution in [-0.4, -0.2) is 21.7 Å². The summed E-state index contributed by atoms with van der Waals surface area (Å²) >= 11 is 0. The Hall–Kier alpha value is -2.64. The molecule has 1 aromatic heterocycles. The number of aryl methyl sites for hydroxylation is 1. The van der Waals surface area contributed by atoms with E-state index in [1.54, 1.807) is 6.92 Å². The fourth-order valence-corrected chi connectivity index (χ4v) is 3.28. The Morgan fingerprint density at radius 1 is 1.19 bits per heavy atom. The molecule has 2 aromatic rings. The van der Waals surface area contributed by atoms with E-state index in [4.69, 9.17) is 0 Å². The quantitative estimate of drug-likeness (QED) is 0.886. The standard InChI is InChI=1S/C19H20F3N3O2/c1-12-10-16(26)17(18(27)23-14-7-3-2-4-8-14)24-25(12)15-9-5-6-13(11-15)19(20,21)22/h5-6,9-11,14H,2-4,7-8H2,1H3,(H,23,27). The maximum absolute atomic E-state index is 13.0. The number of carbonyl (C=O) groups excluding carboxylic acids is 1. The zero-order valence-corrected chi connectivity index (χ0v) is 14.8. The number of hydrogen-bond acceptors (Lipinski definition) is 3. The predicted octanol–water partition coefficient (Wildman–Crippen LogP) is 3.62. The molecule has 1 aromatic carbocycles. The Labute approximate surface area is 154 Å². The highest BCUT2D eigenvalue weighted by Crippen LogP contribution is 2.30. The van der Waals surface area contributed by atoms with Crippen LogP contribution in [0.1, 0.15) is 53.8 Å².